The van der Waals surface area contributed by atoms with E-state index in [2.05, 4.69) is 66.1 Å². The molecule has 2 aromatic rings. The second kappa shape index (κ2) is 10.1. The number of hydrogen-bond donors (Lipinski definition) is 1. The van der Waals surface area contributed by atoms with E-state index in [0.29, 0.717) is 0 Å². The highest BCUT2D eigenvalue weighted by molar-refractivity contribution is 5.85. The zero-order valence-electron chi connectivity index (χ0n) is 13.1. The Hall–Kier alpha value is -0.740. The van der Waals surface area contributed by atoms with Gasteiger partial charge in [0, 0.05) is 43.8 Å². The van der Waals surface area contributed by atoms with E-state index >= 15 is 0 Å². The summed E-state index contributed by atoms with van der Waals surface area (Å²) in [6, 6.07) is 8.59. The zero-order valence-corrected chi connectivity index (χ0v) is 14.8. The van der Waals surface area contributed by atoms with Gasteiger partial charge in [0.25, 0.3) is 0 Å². The Morgan fingerprint density at radius 2 is 1.76 bits per heavy atom. The molecular formula is C16H27Cl2N3. The van der Waals surface area contributed by atoms with E-state index in [0.717, 1.165) is 32.7 Å². The van der Waals surface area contributed by atoms with E-state index in [1.165, 1.54) is 16.5 Å². The minimum atomic E-state index is 0. The molecule has 0 atom stereocenters. The van der Waals surface area contributed by atoms with Crippen LogP contribution in [0, 0.1) is 0 Å². The van der Waals surface area contributed by atoms with Gasteiger partial charge in [0.2, 0.25) is 0 Å². The highest BCUT2D eigenvalue weighted by Crippen LogP contribution is 2.19. The number of rotatable bonds is 7. The number of nitrogens with zero attached hydrogens (tertiary/aromatic N) is 2. The molecule has 0 unspecified atom stereocenters. The first-order valence-corrected chi connectivity index (χ1v) is 7.22. The van der Waals surface area contributed by atoms with Crippen molar-refractivity contribution in [2.75, 3.05) is 26.2 Å². The van der Waals surface area contributed by atoms with Crippen molar-refractivity contribution < 1.29 is 0 Å². The summed E-state index contributed by atoms with van der Waals surface area (Å²) in [6.07, 6.45) is 2.23. The van der Waals surface area contributed by atoms with Crippen molar-refractivity contribution in [3.05, 3.63) is 36.0 Å². The van der Waals surface area contributed by atoms with Crippen molar-refractivity contribution in [2.24, 2.45) is 7.05 Å². The van der Waals surface area contributed by atoms with Gasteiger partial charge in [-0.2, -0.15) is 0 Å². The third-order valence-electron chi connectivity index (χ3n) is 3.79. The molecule has 5 heteroatoms. The van der Waals surface area contributed by atoms with Crippen LogP contribution in [0.1, 0.15) is 19.4 Å². The molecule has 0 aliphatic rings. The molecule has 0 saturated carbocycles. The van der Waals surface area contributed by atoms with Gasteiger partial charge >= 0.3 is 0 Å². The molecule has 0 bridgehead atoms. The summed E-state index contributed by atoms with van der Waals surface area (Å²) in [5.41, 5.74) is 2.70. The highest BCUT2D eigenvalue weighted by Gasteiger charge is 2.05. The molecule has 0 aliphatic carbocycles. The first kappa shape index (κ1) is 20.3. The predicted molar refractivity (Wildman–Crippen MR) is 96.9 cm³/mol. The van der Waals surface area contributed by atoms with Crippen LogP contribution < -0.4 is 5.32 Å². The molecule has 1 aromatic heterocycles. The Morgan fingerprint density at radius 3 is 2.43 bits per heavy atom. The maximum Gasteiger partial charge on any atom is 0.0481 e. The van der Waals surface area contributed by atoms with Gasteiger partial charge in [-0.3, -0.25) is 0 Å². The fraction of sp³-hybridized carbons (Fsp3) is 0.500. The van der Waals surface area contributed by atoms with Gasteiger partial charge in [0.1, 0.15) is 0 Å². The molecule has 0 fully saturated rings. The largest absolute Gasteiger partial charge is 0.350 e. The van der Waals surface area contributed by atoms with Crippen LogP contribution in [-0.2, 0) is 13.6 Å². The maximum atomic E-state index is 3.55. The Labute approximate surface area is 140 Å². The summed E-state index contributed by atoms with van der Waals surface area (Å²) >= 11 is 0. The minimum Gasteiger partial charge on any atom is -0.350 e. The summed E-state index contributed by atoms with van der Waals surface area (Å²) in [7, 11) is 2.11. The predicted octanol–water partition coefficient (Wildman–Crippen LogP) is 3.45. The fourth-order valence-electron chi connectivity index (χ4n) is 2.57. The molecular weight excluding hydrogens is 305 g/mol. The molecule has 0 radical (unpaired) electrons. The molecule has 120 valence electrons. The van der Waals surface area contributed by atoms with Gasteiger partial charge in [-0.25, -0.2) is 0 Å². The molecule has 2 rings (SSSR count). The van der Waals surface area contributed by atoms with Gasteiger partial charge in [0.05, 0.1) is 0 Å². The van der Waals surface area contributed by atoms with Crippen LogP contribution in [0.5, 0.6) is 0 Å². The molecule has 0 saturated heterocycles. The maximum absolute atomic E-state index is 3.55. The van der Waals surface area contributed by atoms with Gasteiger partial charge in [-0.05, 0) is 24.7 Å². The second-order valence-electron chi connectivity index (χ2n) is 4.99. The number of aryl methyl sites for hydroxylation is 1. The summed E-state index contributed by atoms with van der Waals surface area (Å²) in [5.74, 6) is 0. The summed E-state index contributed by atoms with van der Waals surface area (Å²) < 4.78 is 2.21. The monoisotopic (exact) mass is 331 g/mol. The van der Waals surface area contributed by atoms with Crippen LogP contribution in [0.15, 0.2) is 30.5 Å². The lowest BCUT2D eigenvalue weighted by Gasteiger charge is -2.17. The standard InChI is InChI=1S/C16H25N3.2ClH/c1-4-19(5-2)11-10-17-12-14-13-18(3)16-9-7-6-8-15(14)16;;/h6-9,13,17H,4-5,10-12H2,1-3H3;2*1H. The first-order valence-electron chi connectivity index (χ1n) is 7.22. The lowest BCUT2D eigenvalue weighted by molar-refractivity contribution is 0.302. The summed E-state index contributed by atoms with van der Waals surface area (Å²) in [6.45, 7) is 9.81. The number of halogens is 2. The number of aromatic nitrogens is 1. The highest BCUT2D eigenvalue weighted by atomic mass is 35.5. The number of benzene rings is 1. The Bertz CT molecular complexity index is 521. The Kier molecular flexibility index (Phi) is 9.71. The average Bonchev–Trinajstić information content (AvgIpc) is 2.76. The smallest absolute Gasteiger partial charge is 0.0481 e. The number of hydrogen-bond acceptors (Lipinski definition) is 2. The van der Waals surface area contributed by atoms with Crippen molar-refractivity contribution in [3.63, 3.8) is 0 Å². The van der Waals surface area contributed by atoms with E-state index in [9.17, 15) is 0 Å². The molecule has 3 nitrogen and oxygen atoms in total. The van der Waals surface area contributed by atoms with Crippen LogP contribution in [0.4, 0.5) is 0 Å². The van der Waals surface area contributed by atoms with E-state index in [1.54, 1.807) is 0 Å². The van der Waals surface area contributed by atoms with Crippen LogP contribution in [-0.4, -0.2) is 35.6 Å². The van der Waals surface area contributed by atoms with Crippen LogP contribution in [0.25, 0.3) is 10.9 Å². The first-order chi connectivity index (χ1) is 9.26. The van der Waals surface area contributed by atoms with E-state index in [-0.39, 0.29) is 24.8 Å². The van der Waals surface area contributed by atoms with Gasteiger partial charge in [-0.1, -0.05) is 32.0 Å². The lowest BCUT2D eigenvalue weighted by atomic mass is 10.2. The molecule has 1 aromatic carbocycles. The van der Waals surface area contributed by atoms with Crippen molar-refractivity contribution in [1.29, 1.82) is 0 Å². The van der Waals surface area contributed by atoms with Crippen LogP contribution >= 0.6 is 24.8 Å². The number of para-hydroxylation sites is 1. The second-order valence-corrected chi connectivity index (χ2v) is 4.99. The van der Waals surface area contributed by atoms with Gasteiger partial charge < -0.3 is 14.8 Å². The Morgan fingerprint density at radius 1 is 1.10 bits per heavy atom. The molecule has 1 heterocycles. The molecule has 1 N–H and O–H groups in total. The van der Waals surface area contributed by atoms with Crippen molar-refractivity contribution >= 4 is 35.7 Å². The summed E-state index contributed by atoms with van der Waals surface area (Å²) in [5, 5.41) is 4.91. The number of nitrogens with one attached hydrogen (secondary N) is 1. The van der Waals surface area contributed by atoms with E-state index in [1.807, 2.05) is 0 Å². The third kappa shape index (κ3) is 5.19. The Balaban J connectivity index is 0.00000200. The third-order valence-corrected chi connectivity index (χ3v) is 3.79. The average molecular weight is 332 g/mol. The van der Waals surface area contributed by atoms with Crippen molar-refractivity contribution in [2.45, 2.75) is 20.4 Å². The summed E-state index contributed by atoms with van der Waals surface area (Å²) in [4.78, 5) is 2.44. The van der Waals surface area contributed by atoms with E-state index < -0.39 is 0 Å². The SMILES string of the molecule is CCN(CC)CCNCc1cn(C)c2ccccc12.Cl.Cl. The van der Waals surface area contributed by atoms with Crippen LogP contribution in [0.3, 0.4) is 0 Å². The quantitative estimate of drug-likeness (QED) is 0.784. The molecule has 0 aliphatic heterocycles. The normalized spacial score (nSPS) is 10.5. The number of likely N-dealkylation sites (N-methyl/N-ethyl adjacent to an activating group) is 1. The minimum absolute atomic E-state index is 0. The topological polar surface area (TPSA) is 20.2 Å². The van der Waals surface area contributed by atoms with Crippen LogP contribution in [0.2, 0.25) is 0 Å². The van der Waals surface area contributed by atoms with Gasteiger partial charge in [-0.15, -0.1) is 24.8 Å². The number of fused-ring (bicyclic) bond motifs is 1. The lowest BCUT2D eigenvalue weighted by Crippen LogP contribution is -2.31. The molecule has 21 heavy (non-hydrogen) atoms. The van der Waals surface area contributed by atoms with Crippen molar-refractivity contribution in [3.8, 4) is 0 Å². The molecule has 0 spiro atoms. The van der Waals surface area contributed by atoms with Gasteiger partial charge in [0.15, 0.2) is 0 Å². The zero-order chi connectivity index (χ0) is 13.7. The molecule has 0 amide bonds. The fourth-order valence-corrected chi connectivity index (χ4v) is 2.57. The van der Waals surface area contributed by atoms with E-state index in [4.69, 9.17) is 0 Å². The van der Waals surface area contributed by atoms with Crippen molar-refractivity contribution in [1.82, 2.24) is 14.8 Å².